The van der Waals surface area contributed by atoms with Crippen LogP contribution >= 0.6 is 11.8 Å². The Hall–Kier alpha value is -2.22. The number of halogens is 2. The second-order valence-electron chi connectivity index (χ2n) is 4.01. The Labute approximate surface area is 123 Å². The maximum absolute atomic E-state index is 13.3. The predicted octanol–water partition coefficient (Wildman–Crippen LogP) is 3.38. The van der Waals surface area contributed by atoms with E-state index in [1.165, 1.54) is 13.3 Å². The fourth-order valence-electron chi connectivity index (χ4n) is 1.85. The minimum atomic E-state index is -2.69. The van der Waals surface area contributed by atoms with Gasteiger partial charge in [0.2, 0.25) is 5.88 Å². The van der Waals surface area contributed by atoms with Gasteiger partial charge < -0.3 is 4.74 Å². The molecule has 3 aromatic rings. The second-order valence-corrected chi connectivity index (χ2v) is 4.95. The first-order valence-electron chi connectivity index (χ1n) is 5.99. The molecule has 21 heavy (non-hydrogen) atoms. The summed E-state index contributed by atoms with van der Waals surface area (Å²) in [5.74, 6) is 0.368. The molecule has 5 nitrogen and oxygen atoms in total. The number of para-hydroxylation sites is 2. The lowest BCUT2D eigenvalue weighted by molar-refractivity contribution is 0.0656. The number of hydrogen-bond donors (Lipinski definition) is 0. The molecule has 0 saturated carbocycles. The number of fused-ring (bicyclic) bond motifs is 1. The largest absolute Gasteiger partial charge is 0.481 e. The molecule has 1 aromatic carbocycles. The van der Waals surface area contributed by atoms with Crippen molar-refractivity contribution in [2.45, 2.75) is 16.9 Å². The number of ether oxygens (including phenoxy) is 1. The van der Waals surface area contributed by atoms with Crippen LogP contribution in [0.5, 0.6) is 5.88 Å². The number of hydrogen-bond acceptors (Lipinski definition) is 5. The van der Waals surface area contributed by atoms with Gasteiger partial charge in [0.25, 0.3) is 0 Å². The van der Waals surface area contributed by atoms with E-state index in [0.717, 1.165) is 16.3 Å². The van der Waals surface area contributed by atoms with Crippen LogP contribution in [0.15, 0.2) is 46.8 Å². The van der Waals surface area contributed by atoms with Crippen molar-refractivity contribution in [1.82, 2.24) is 19.5 Å². The average Bonchev–Trinajstić information content (AvgIpc) is 2.85. The summed E-state index contributed by atoms with van der Waals surface area (Å²) in [4.78, 5) is 12.3. The molecule has 0 aliphatic carbocycles. The Bertz CT molecular complexity index is 778. The van der Waals surface area contributed by atoms with Gasteiger partial charge >= 0.3 is 6.55 Å². The molecule has 0 amide bonds. The smallest absolute Gasteiger partial charge is 0.321 e. The van der Waals surface area contributed by atoms with Gasteiger partial charge in [-0.15, -0.1) is 0 Å². The molecular weight excluding hydrogens is 298 g/mol. The molecule has 0 aliphatic heterocycles. The summed E-state index contributed by atoms with van der Waals surface area (Å²) in [7, 11) is 1.48. The van der Waals surface area contributed by atoms with Crippen molar-refractivity contribution in [3.05, 3.63) is 36.5 Å². The molecule has 3 rings (SSSR count). The highest BCUT2D eigenvalue weighted by Gasteiger charge is 2.19. The minimum Gasteiger partial charge on any atom is -0.481 e. The third-order valence-corrected chi connectivity index (χ3v) is 3.61. The highest BCUT2D eigenvalue weighted by Crippen LogP contribution is 2.32. The Morgan fingerprint density at radius 1 is 1.19 bits per heavy atom. The van der Waals surface area contributed by atoms with Gasteiger partial charge in [-0.05, 0) is 23.9 Å². The summed E-state index contributed by atoms with van der Waals surface area (Å²) in [5, 5.41) is 0.436. The van der Waals surface area contributed by atoms with E-state index in [-0.39, 0.29) is 5.16 Å². The van der Waals surface area contributed by atoms with E-state index in [4.69, 9.17) is 4.74 Å². The van der Waals surface area contributed by atoms with Gasteiger partial charge in [0.15, 0.2) is 10.3 Å². The Kier molecular flexibility index (Phi) is 3.70. The normalized spacial score (nSPS) is 11.2. The number of rotatable bonds is 4. The van der Waals surface area contributed by atoms with Gasteiger partial charge in [-0.1, -0.05) is 12.1 Å². The Morgan fingerprint density at radius 2 is 2.00 bits per heavy atom. The molecule has 2 heterocycles. The summed E-state index contributed by atoms with van der Waals surface area (Å²) in [6, 6.07) is 8.32. The van der Waals surface area contributed by atoms with Crippen LogP contribution in [0.2, 0.25) is 0 Å². The summed E-state index contributed by atoms with van der Waals surface area (Å²) in [6.07, 6.45) is 1.50. The number of alkyl halides is 2. The van der Waals surface area contributed by atoms with Crippen molar-refractivity contribution in [3.63, 3.8) is 0 Å². The van der Waals surface area contributed by atoms with Gasteiger partial charge in [0.1, 0.15) is 0 Å². The molecule has 108 valence electrons. The molecule has 0 saturated heterocycles. The maximum atomic E-state index is 13.3. The lowest BCUT2D eigenvalue weighted by atomic mass is 10.3. The molecule has 8 heteroatoms. The fourth-order valence-corrected chi connectivity index (χ4v) is 2.69. The standard InChI is InChI=1S/C13H10F2N4OS/c1-20-10-6-7-16-12(18-10)21-13-17-8-4-2-3-5-9(8)19(13)11(14)15/h2-7,11H,1H3. The van der Waals surface area contributed by atoms with Gasteiger partial charge in [0.05, 0.1) is 18.1 Å². The molecule has 2 aromatic heterocycles. The van der Waals surface area contributed by atoms with Gasteiger partial charge in [-0.3, -0.25) is 4.57 Å². The van der Waals surface area contributed by atoms with Crippen molar-refractivity contribution < 1.29 is 13.5 Å². The zero-order valence-electron chi connectivity index (χ0n) is 10.9. The van der Waals surface area contributed by atoms with Gasteiger partial charge in [-0.2, -0.15) is 13.8 Å². The molecule has 0 fully saturated rings. The summed E-state index contributed by atoms with van der Waals surface area (Å²) >= 11 is 0.967. The van der Waals surface area contributed by atoms with E-state index in [1.54, 1.807) is 30.3 Å². The van der Waals surface area contributed by atoms with Crippen LogP contribution < -0.4 is 4.74 Å². The molecule has 0 unspecified atom stereocenters. The van der Waals surface area contributed by atoms with Crippen LogP contribution in [-0.2, 0) is 0 Å². The maximum Gasteiger partial charge on any atom is 0.321 e. The number of benzene rings is 1. The molecule has 0 aliphatic rings. The van der Waals surface area contributed by atoms with Crippen molar-refractivity contribution in [2.75, 3.05) is 7.11 Å². The monoisotopic (exact) mass is 308 g/mol. The van der Waals surface area contributed by atoms with Crippen molar-refractivity contribution in [1.29, 1.82) is 0 Å². The van der Waals surface area contributed by atoms with E-state index in [9.17, 15) is 8.78 Å². The zero-order chi connectivity index (χ0) is 14.8. The van der Waals surface area contributed by atoms with Crippen LogP contribution in [-0.4, -0.2) is 26.6 Å². The first-order chi connectivity index (χ1) is 10.2. The van der Waals surface area contributed by atoms with Crippen molar-refractivity contribution in [3.8, 4) is 5.88 Å². The number of nitrogens with zero attached hydrogens (tertiary/aromatic N) is 4. The van der Waals surface area contributed by atoms with Crippen LogP contribution in [0.3, 0.4) is 0 Å². The van der Waals surface area contributed by atoms with E-state index >= 15 is 0 Å². The van der Waals surface area contributed by atoms with E-state index < -0.39 is 6.55 Å². The van der Waals surface area contributed by atoms with Crippen LogP contribution in [0.1, 0.15) is 6.55 Å². The topological polar surface area (TPSA) is 52.8 Å². The lowest BCUT2D eigenvalue weighted by Crippen LogP contribution is -2.00. The first-order valence-corrected chi connectivity index (χ1v) is 6.80. The number of imidazole rings is 1. The molecule has 0 atom stereocenters. The molecule has 0 N–H and O–H groups in total. The molecule has 0 radical (unpaired) electrons. The molecule has 0 bridgehead atoms. The molecule has 0 spiro atoms. The third kappa shape index (κ3) is 2.66. The van der Waals surface area contributed by atoms with Gasteiger partial charge in [0, 0.05) is 12.3 Å². The predicted molar refractivity (Wildman–Crippen MR) is 73.7 cm³/mol. The van der Waals surface area contributed by atoms with Crippen molar-refractivity contribution >= 4 is 22.8 Å². The summed E-state index contributed by atoms with van der Waals surface area (Å²) in [5.41, 5.74) is 0.876. The SMILES string of the molecule is COc1ccnc(Sc2nc3ccccc3n2C(F)F)n1. The van der Waals surface area contributed by atoms with E-state index in [1.807, 2.05) is 0 Å². The molecular formula is C13H10F2N4OS. The fraction of sp³-hybridized carbons (Fsp3) is 0.154. The second kappa shape index (κ2) is 5.65. The van der Waals surface area contributed by atoms with Crippen LogP contribution in [0, 0.1) is 0 Å². The van der Waals surface area contributed by atoms with E-state index in [0.29, 0.717) is 22.1 Å². The lowest BCUT2D eigenvalue weighted by Gasteiger charge is -2.06. The number of methoxy groups -OCH3 is 1. The summed E-state index contributed by atoms with van der Waals surface area (Å²) < 4.78 is 32.4. The number of aromatic nitrogens is 4. The van der Waals surface area contributed by atoms with Crippen LogP contribution in [0.4, 0.5) is 8.78 Å². The Morgan fingerprint density at radius 3 is 2.76 bits per heavy atom. The first kappa shape index (κ1) is 13.7. The van der Waals surface area contributed by atoms with E-state index in [2.05, 4.69) is 15.0 Å². The van der Waals surface area contributed by atoms with Crippen LogP contribution in [0.25, 0.3) is 11.0 Å². The highest BCUT2D eigenvalue weighted by molar-refractivity contribution is 7.99. The quantitative estimate of drug-likeness (QED) is 0.692. The average molecular weight is 308 g/mol. The van der Waals surface area contributed by atoms with Gasteiger partial charge in [-0.25, -0.2) is 9.97 Å². The minimum absolute atomic E-state index is 0.138. The Balaban J connectivity index is 2.05. The summed E-state index contributed by atoms with van der Waals surface area (Å²) in [6.45, 7) is -2.69. The highest BCUT2D eigenvalue weighted by atomic mass is 32.2. The third-order valence-electron chi connectivity index (χ3n) is 2.76. The zero-order valence-corrected chi connectivity index (χ0v) is 11.7. The van der Waals surface area contributed by atoms with Crippen molar-refractivity contribution in [2.24, 2.45) is 0 Å².